The van der Waals surface area contributed by atoms with Gasteiger partial charge in [-0.3, -0.25) is 9.11 Å². The Morgan fingerprint density at radius 3 is 2.09 bits per heavy atom. The van der Waals surface area contributed by atoms with E-state index in [9.17, 15) is 39.5 Å². The highest BCUT2D eigenvalue weighted by molar-refractivity contribution is 7.91. The Morgan fingerprint density at radius 1 is 0.853 bits per heavy atom. The van der Waals surface area contributed by atoms with Crippen molar-refractivity contribution in [3.05, 3.63) is 42.5 Å². The normalized spacial score (nSPS) is 13.0. The minimum absolute atomic E-state index is 0.213. The number of sulfone groups is 1. The van der Waals surface area contributed by atoms with Crippen LogP contribution >= 0.6 is 0 Å². The fourth-order valence-corrected chi connectivity index (χ4v) is 5.43. The summed E-state index contributed by atoms with van der Waals surface area (Å²) in [5.74, 6) is -1.39. The Labute approximate surface area is 193 Å². The number of hydrogen-bond donors (Lipinski definition) is 5. The number of nitrogen functional groups attached to an aromatic ring is 1. The topological polar surface area (TPSA) is 234 Å². The molecule has 0 aliphatic carbocycles. The van der Waals surface area contributed by atoms with Crippen molar-refractivity contribution < 1.29 is 44.6 Å². The Balaban J connectivity index is 2.36. The molecule has 0 aromatic heterocycles. The van der Waals surface area contributed by atoms with Crippen LogP contribution in [0.2, 0.25) is 0 Å². The van der Waals surface area contributed by atoms with Crippen LogP contribution in [0.15, 0.2) is 67.4 Å². The first-order chi connectivity index (χ1) is 15.7. The molecule has 0 aliphatic heterocycles. The predicted octanol–water partition coefficient (Wildman–Crippen LogP) is 1.80. The average Bonchev–Trinajstić information content (AvgIpc) is 2.71. The zero-order valence-electron chi connectivity index (χ0n) is 16.9. The van der Waals surface area contributed by atoms with E-state index in [0.29, 0.717) is 6.07 Å². The second-order valence-electron chi connectivity index (χ2n) is 6.84. The van der Waals surface area contributed by atoms with E-state index < -0.39 is 69.3 Å². The van der Waals surface area contributed by atoms with Gasteiger partial charge in [0.25, 0.3) is 20.2 Å². The van der Waals surface area contributed by atoms with Gasteiger partial charge in [-0.05, 0) is 29.7 Å². The largest absolute Gasteiger partial charge is 0.507 e. The van der Waals surface area contributed by atoms with Crippen molar-refractivity contribution in [3.8, 4) is 5.75 Å². The first-order valence-electron chi connectivity index (χ1n) is 9.05. The van der Waals surface area contributed by atoms with E-state index in [2.05, 4.69) is 10.2 Å². The molecule has 0 heterocycles. The maximum atomic E-state index is 12.4. The summed E-state index contributed by atoms with van der Waals surface area (Å²) < 4.78 is 90.2. The number of benzene rings is 3. The van der Waals surface area contributed by atoms with Crippen molar-refractivity contribution in [2.75, 3.05) is 18.1 Å². The molecule has 6 N–H and O–H groups in total. The molecule has 0 unspecified atom stereocenters. The van der Waals surface area contributed by atoms with Gasteiger partial charge in [0.2, 0.25) is 0 Å². The first-order valence-corrected chi connectivity index (χ1v) is 13.6. The predicted molar refractivity (Wildman–Crippen MR) is 119 cm³/mol. The molecule has 0 saturated carbocycles. The van der Waals surface area contributed by atoms with Crippen LogP contribution in [-0.2, 0) is 30.1 Å². The lowest BCUT2D eigenvalue weighted by Gasteiger charge is -2.12. The molecule has 0 aliphatic rings. The van der Waals surface area contributed by atoms with Crippen molar-refractivity contribution in [1.82, 2.24) is 0 Å². The molecular weight excluding hydrogens is 514 g/mol. The van der Waals surface area contributed by atoms with E-state index in [-0.39, 0.29) is 21.4 Å². The minimum atomic E-state index is -4.97. The van der Waals surface area contributed by atoms with Crippen molar-refractivity contribution in [2.24, 2.45) is 10.2 Å². The molecule has 16 heteroatoms. The number of hydrogen-bond acceptors (Lipinski definition) is 11. The van der Waals surface area contributed by atoms with Crippen LogP contribution in [0.25, 0.3) is 10.8 Å². The van der Waals surface area contributed by atoms with Gasteiger partial charge in [0.05, 0.1) is 33.2 Å². The van der Waals surface area contributed by atoms with Crippen LogP contribution in [0.1, 0.15) is 0 Å². The summed E-state index contributed by atoms with van der Waals surface area (Å²) >= 11 is 0. The Hall–Kier alpha value is -3.15. The fourth-order valence-electron chi connectivity index (χ4n) is 3.07. The summed E-state index contributed by atoms with van der Waals surface area (Å²) in [6, 6.07) is 7.50. The van der Waals surface area contributed by atoms with Crippen LogP contribution in [0.3, 0.4) is 0 Å². The van der Waals surface area contributed by atoms with Crippen LogP contribution in [0, 0.1) is 0 Å². The number of aromatic hydroxyl groups is 1. The van der Waals surface area contributed by atoms with Gasteiger partial charge in [0.1, 0.15) is 22.0 Å². The molecule has 0 fully saturated rings. The lowest BCUT2D eigenvalue weighted by molar-refractivity contribution is 0.319. The summed E-state index contributed by atoms with van der Waals surface area (Å²) in [5.41, 5.74) is 4.42. The number of phenols is 1. The van der Waals surface area contributed by atoms with Crippen molar-refractivity contribution in [1.29, 1.82) is 0 Å². The maximum absolute atomic E-state index is 12.4. The Bertz CT molecular complexity index is 1650. The monoisotopic (exact) mass is 531 g/mol. The van der Waals surface area contributed by atoms with Crippen molar-refractivity contribution in [2.45, 2.75) is 14.7 Å². The van der Waals surface area contributed by atoms with E-state index in [0.717, 1.165) is 12.1 Å². The third-order valence-corrected chi connectivity index (χ3v) is 8.02. The third-order valence-electron chi connectivity index (χ3n) is 4.56. The highest BCUT2D eigenvalue weighted by Crippen LogP contribution is 2.43. The SMILES string of the molecule is Nc1c(S(=O)(=O)O)cc2cc(S(=O)(=O)O)cc(O)c2c1N=Nc1ccccc1S(=O)(=O)CCO. The number of anilines is 1. The molecule has 182 valence electrons. The molecule has 13 nitrogen and oxygen atoms in total. The highest BCUT2D eigenvalue weighted by Gasteiger charge is 2.24. The van der Waals surface area contributed by atoms with Crippen LogP contribution in [0.4, 0.5) is 17.1 Å². The Morgan fingerprint density at radius 2 is 1.50 bits per heavy atom. The molecule has 34 heavy (non-hydrogen) atoms. The molecule has 0 amide bonds. The van der Waals surface area contributed by atoms with Gasteiger partial charge in [-0.25, -0.2) is 8.42 Å². The zero-order valence-corrected chi connectivity index (χ0v) is 19.3. The number of aliphatic hydroxyl groups excluding tert-OH is 1. The molecule has 0 radical (unpaired) electrons. The highest BCUT2D eigenvalue weighted by atomic mass is 32.2. The summed E-state index contributed by atoms with van der Waals surface area (Å²) in [5, 5.41) is 26.4. The van der Waals surface area contributed by atoms with Gasteiger partial charge >= 0.3 is 0 Å². The lowest BCUT2D eigenvalue weighted by atomic mass is 10.1. The molecule has 0 bridgehead atoms. The quantitative estimate of drug-likeness (QED) is 0.167. The molecule has 0 saturated heterocycles. The van der Waals surface area contributed by atoms with Gasteiger partial charge in [0, 0.05) is 6.07 Å². The zero-order chi connectivity index (χ0) is 25.5. The second-order valence-corrected chi connectivity index (χ2v) is 11.7. The number of aliphatic hydroxyl groups is 1. The molecule has 0 spiro atoms. The number of rotatable bonds is 7. The number of nitrogens with two attached hydrogens (primary N) is 1. The molecular formula is C18H17N3O10S3. The first kappa shape index (κ1) is 25.5. The van der Waals surface area contributed by atoms with Gasteiger partial charge in [0.15, 0.2) is 9.84 Å². The number of fused-ring (bicyclic) bond motifs is 1. The molecule has 0 atom stereocenters. The standard InChI is InChI=1S/C18H17N3O10S3/c19-17-15(34(29,30)31)8-10-7-11(33(26,27)28)9-13(23)16(10)18(17)21-20-12-3-1-2-4-14(12)32(24,25)6-5-22/h1-4,7-9,22-23H,5-6,19H2,(H,26,27,28)(H,29,30,31). The third kappa shape index (κ3) is 5.01. The van der Waals surface area contributed by atoms with E-state index in [4.69, 9.17) is 10.8 Å². The number of phenolic OH excluding ortho intramolecular Hbond substituents is 1. The fraction of sp³-hybridized carbons (Fsp3) is 0.111. The van der Waals surface area contributed by atoms with E-state index in [1.165, 1.54) is 24.3 Å². The number of nitrogens with zero attached hydrogens (tertiary/aromatic N) is 2. The summed E-state index contributed by atoms with van der Waals surface area (Å²) in [6.07, 6.45) is 0. The van der Waals surface area contributed by atoms with Crippen molar-refractivity contribution >= 4 is 57.9 Å². The van der Waals surface area contributed by atoms with E-state index >= 15 is 0 Å². The Kier molecular flexibility index (Phi) is 6.66. The van der Waals surface area contributed by atoms with Gasteiger partial charge < -0.3 is 15.9 Å². The smallest absolute Gasteiger partial charge is 0.296 e. The van der Waals surface area contributed by atoms with Crippen LogP contribution in [-0.4, -0.2) is 56.9 Å². The van der Waals surface area contributed by atoms with Gasteiger partial charge in [-0.2, -0.15) is 16.8 Å². The maximum Gasteiger partial charge on any atom is 0.296 e. The summed E-state index contributed by atoms with van der Waals surface area (Å²) in [4.78, 5) is -1.99. The minimum Gasteiger partial charge on any atom is -0.507 e. The second kappa shape index (κ2) is 8.90. The van der Waals surface area contributed by atoms with Crippen LogP contribution < -0.4 is 5.73 Å². The molecule has 3 aromatic rings. The molecule has 3 aromatic carbocycles. The summed E-state index contributed by atoms with van der Waals surface area (Å²) in [7, 11) is -13.8. The van der Waals surface area contributed by atoms with E-state index in [1.54, 1.807) is 0 Å². The van der Waals surface area contributed by atoms with Crippen molar-refractivity contribution in [3.63, 3.8) is 0 Å². The molecule has 3 rings (SSSR count). The van der Waals surface area contributed by atoms with E-state index in [1.807, 2.05) is 0 Å². The van der Waals surface area contributed by atoms with Gasteiger partial charge in [-0.15, -0.1) is 10.2 Å². The van der Waals surface area contributed by atoms with Gasteiger partial charge in [-0.1, -0.05) is 12.1 Å². The lowest BCUT2D eigenvalue weighted by Crippen LogP contribution is -2.10. The summed E-state index contributed by atoms with van der Waals surface area (Å²) in [6.45, 7) is -0.661. The average molecular weight is 532 g/mol. The number of azo groups is 1. The van der Waals surface area contributed by atoms with Crippen LogP contribution in [0.5, 0.6) is 5.75 Å².